The molecule has 3 aliphatic heterocycles. The molecule has 1 N–H and O–H groups in total. The number of benzene rings is 1. The molecule has 146 valence electrons. The van der Waals surface area contributed by atoms with E-state index in [1.54, 1.807) is 23.9 Å². The van der Waals surface area contributed by atoms with Crippen molar-refractivity contribution in [2.75, 3.05) is 39.0 Å². The Bertz CT molecular complexity index is 741. The van der Waals surface area contributed by atoms with Gasteiger partial charge in [0.2, 0.25) is 11.8 Å². The fraction of sp³-hybridized carbons (Fsp3) is 0.550. The van der Waals surface area contributed by atoms with Gasteiger partial charge in [0, 0.05) is 38.9 Å². The zero-order chi connectivity index (χ0) is 19.7. The first kappa shape index (κ1) is 19.2. The van der Waals surface area contributed by atoms with Crippen LogP contribution in [0.15, 0.2) is 18.2 Å². The quantitative estimate of drug-likeness (QED) is 0.880. The van der Waals surface area contributed by atoms with Crippen LogP contribution in [0.25, 0.3) is 0 Å². The molecule has 0 radical (unpaired) electrons. The van der Waals surface area contributed by atoms with Gasteiger partial charge in [-0.25, -0.2) is 4.79 Å². The Labute approximate surface area is 160 Å². The molecule has 3 aliphatic rings. The number of likely N-dealkylation sites (N-methyl/N-ethyl adjacent to an activating group) is 1. The number of carbonyl (C=O) groups is 3. The SMILES string of the molecule is Cc1cc(C)cc(NC(=O)N2C[C@@H]3CC[C@H](C2)N(CC(=O)N(C)C)C3=O)c1. The molecule has 0 aliphatic carbocycles. The van der Waals surface area contributed by atoms with E-state index in [0.29, 0.717) is 13.1 Å². The molecule has 3 fully saturated rings. The van der Waals surface area contributed by atoms with Gasteiger partial charge in [0.1, 0.15) is 6.54 Å². The molecule has 0 aromatic heterocycles. The summed E-state index contributed by atoms with van der Waals surface area (Å²) in [5, 5.41) is 2.96. The molecule has 1 aromatic carbocycles. The Morgan fingerprint density at radius 3 is 2.41 bits per heavy atom. The summed E-state index contributed by atoms with van der Waals surface area (Å²) < 4.78 is 0. The Kier molecular flexibility index (Phi) is 5.39. The monoisotopic (exact) mass is 372 g/mol. The topological polar surface area (TPSA) is 73.0 Å². The van der Waals surface area contributed by atoms with Crippen LogP contribution in [0.5, 0.6) is 0 Å². The van der Waals surface area contributed by atoms with Gasteiger partial charge in [0.25, 0.3) is 0 Å². The molecule has 27 heavy (non-hydrogen) atoms. The predicted molar refractivity (Wildman–Crippen MR) is 103 cm³/mol. The van der Waals surface area contributed by atoms with Crippen LogP contribution in [-0.4, -0.2) is 72.3 Å². The van der Waals surface area contributed by atoms with E-state index in [1.165, 1.54) is 4.90 Å². The highest BCUT2D eigenvalue weighted by Crippen LogP contribution is 2.29. The van der Waals surface area contributed by atoms with Gasteiger partial charge in [0.05, 0.1) is 5.92 Å². The van der Waals surface area contributed by atoms with Crippen LogP contribution in [0.4, 0.5) is 10.5 Å². The maximum Gasteiger partial charge on any atom is 0.321 e. The number of hydrogen-bond acceptors (Lipinski definition) is 3. The molecule has 0 spiro atoms. The van der Waals surface area contributed by atoms with E-state index in [9.17, 15) is 14.4 Å². The summed E-state index contributed by atoms with van der Waals surface area (Å²) >= 11 is 0. The lowest BCUT2D eigenvalue weighted by molar-refractivity contribution is -0.145. The first-order valence-corrected chi connectivity index (χ1v) is 9.39. The van der Waals surface area contributed by atoms with E-state index in [2.05, 4.69) is 11.4 Å². The third-order valence-corrected chi connectivity index (χ3v) is 5.36. The summed E-state index contributed by atoms with van der Waals surface area (Å²) in [5.74, 6) is -0.339. The number of aryl methyl sites for hydroxylation is 2. The van der Waals surface area contributed by atoms with Gasteiger partial charge in [0.15, 0.2) is 0 Å². The van der Waals surface area contributed by atoms with E-state index in [0.717, 1.165) is 29.7 Å². The molecule has 0 unspecified atom stereocenters. The number of piperidine rings is 1. The largest absolute Gasteiger partial charge is 0.347 e. The van der Waals surface area contributed by atoms with E-state index < -0.39 is 0 Å². The lowest BCUT2D eigenvalue weighted by atomic mass is 9.94. The normalized spacial score (nSPS) is 21.9. The van der Waals surface area contributed by atoms with E-state index >= 15 is 0 Å². The van der Waals surface area contributed by atoms with Crippen molar-refractivity contribution in [3.05, 3.63) is 29.3 Å². The van der Waals surface area contributed by atoms with Crippen molar-refractivity contribution in [3.8, 4) is 0 Å². The van der Waals surface area contributed by atoms with Gasteiger partial charge < -0.3 is 20.0 Å². The summed E-state index contributed by atoms with van der Waals surface area (Å²) in [7, 11) is 3.37. The smallest absolute Gasteiger partial charge is 0.321 e. The van der Waals surface area contributed by atoms with Crippen LogP contribution in [-0.2, 0) is 9.59 Å². The molecule has 3 saturated heterocycles. The first-order valence-electron chi connectivity index (χ1n) is 9.39. The predicted octanol–water partition coefficient (Wildman–Crippen LogP) is 1.85. The van der Waals surface area contributed by atoms with Crippen LogP contribution in [0.3, 0.4) is 0 Å². The Hall–Kier alpha value is -2.57. The summed E-state index contributed by atoms with van der Waals surface area (Å²) in [6, 6.07) is 5.63. The van der Waals surface area contributed by atoms with Crippen LogP contribution in [0.2, 0.25) is 0 Å². The second kappa shape index (κ2) is 7.58. The summed E-state index contributed by atoms with van der Waals surface area (Å²) in [6.45, 7) is 4.93. The van der Waals surface area contributed by atoms with Gasteiger partial charge in [-0.3, -0.25) is 9.59 Å². The molecule has 2 bridgehead atoms. The highest BCUT2D eigenvalue weighted by molar-refractivity contribution is 5.91. The zero-order valence-corrected chi connectivity index (χ0v) is 16.5. The van der Waals surface area contributed by atoms with Crippen molar-refractivity contribution in [2.45, 2.75) is 32.7 Å². The first-order chi connectivity index (χ1) is 12.7. The van der Waals surface area contributed by atoms with Crippen LogP contribution < -0.4 is 5.32 Å². The Morgan fingerprint density at radius 1 is 1.11 bits per heavy atom. The number of urea groups is 1. The van der Waals surface area contributed by atoms with Crippen LogP contribution in [0.1, 0.15) is 24.0 Å². The van der Waals surface area contributed by atoms with Crippen molar-refractivity contribution in [2.24, 2.45) is 5.92 Å². The number of anilines is 1. The molecular formula is C20H28N4O3. The van der Waals surface area contributed by atoms with Crippen molar-refractivity contribution in [1.82, 2.24) is 14.7 Å². The van der Waals surface area contributed by atoms with Crippen LogP contribution >= 0.6 is 0 Å². The third-order valence-electron chi connectivity index (χ3n) is 5.36. The molecular weight excluding hydrogens is 344 g/mol. The number of hydrogen-bond donors (Lipinski definition) is 1. The molecule has 7 heteroatoms. The Morgan fingerprint density at radius 2 is 1.78 bits per heavy atom. The Balaban J connectivity index is 1.72. The van der Waals surface area contributed by atoms with E-state index in [-0.39, 0.29) is 36.3 Å². The molecule has 4 amide bonds. The highest BCUT2D eigenvalue weighted by atomic mass is 16.2. The highest BCUT2D eigenvalue weighted by Gasteiger charge is 2.42. The van der Waals surface area contributed by atoms with E-state index in [4.69, 9.17) is 0 Å². The molecule has 2 atom stereocenters. The second-order valence-corrected chi connectivity index (χ2v) is 7.89. The fourth-order valence-corrected chi connectivity index (χ4v) is 3.95. The number of fused-ring (bicyclic) bond motifs is 4. The lowest BCUT2D eigenvalue weighted by Gasteiger charge is -2.35. The number of nitrogens with one attached hydrogen (secondary N) is 1. The number of carbonyl (C=O) groups excluding carboxylic acids is 3. The molecule has 1 aromatic rings. The van der Waals surface area contributed by atoms with Crippen molar-refractivity contribution >= 4 is 23.5 Å². The average molecular weight is 372 g/mol. The van der Waals surface area contributed by atoms with Gasteiger partial charge in [-0.05, 0) is 49.9 Å². The van der Waals surface area contributed by atoms with Gasteiger partial charge in [-0.2, -0.15) is 0 Å². The van der Waals surface area contributed by atoms with Crippen molar-refractivity contribution < 1.29 is 14.4 Å². The summed E-state index contributed by atoms with van der Waals surface area (Å²) in [4.78, 5) is 42.6. The number of nitrogens with zero attached hydrogens (tertiary/aromatic N) is 3. The maximum atomic E-state index is 12.8. The van der Waals surface area contributed by atoms with Gasteiger partial charge in [-0.1, -0.05) is 6.07 Å². The zero-order valence-electron chi connectivity index (χ0n) is 16.5. The minimum Gasteiger partial charge on any atom is -0.347 e. The van der Waals surface area contributed by atoms with E-state index in [1.807, 2.05) is 26.0 Å². The molecule has 0 saturated carbocycles. The van der Waals surface area contributed by atoms with Gasteiger partial charge in [-0.15, -0.1) is 0 Å². The van der Waals surface area contributed by atoms with Crippen molar-refractivity contribution in [3.63, 3.8) is 0 Å². The minimum absolute atomic E-state index is 0.0110. The maximum absolute atomic E-state index is 12.8. The molecule has 7 nitrogen and oxygen atoms in total. The van der Waals surface area contributed by atoms with Gasteiger partial charge >= 0.3 is 6.03 Å². The minimum atomic E-state index is -0.233. The summed E-state index contributed by atoms with van der Waals surface area (Å²) in [6.07, 6.45) is 1.59. The summed E-state index contributed by atoms with van der Waals surface area (Å²) in [5.41, 5.74) is 2.94. The number of rotatable bonds is 3. The molecule has 3 heterocycles. The molecule has 4 rings (SSSR count). The average Bonchev–Trinajstić information content (AvgIpc) is 2.86. The van der Waals surface area contributed by atoms with Crippen LogP contribution in [0, 0.1) is 19.8 Å². The lowest BCUT2D eigenvalue weighted by Crippen LogP contribution is -2.51. The number of amides is 4. The standard InChI is InChI=1S/C20H28N4O3/c1-13-7-14(2)9-16(8-13)21-20(27)23-10-15-5-6-17(11-23)24(19(15)26)12-18(25)22(3)4/h7-9,15,17H,5-6,10-12H2,1-4H3,(H,21,27)/t15-,17+/m0/s1. The third kappa shape index (κ3) is 4.23. The fourth-order valence-electron chi connectivity index (χ4n) is 3.95. The van der Waals surface area contributed by atoms with Crippen molar-refractivity contribution in [1.29, 1.82) is 0 Å². The second-order valence-electron chi connectivity index (χ2n) is 7.89.